The standard InChI is InChI=1S/C18H21N7O2S/c1-11-4-3-5-13(8-11)21-18(26)27-24-6-7-25(12(2)9-24)15-14-16(28-10-20-14)23-17(19)22-15/h3-5,8,10,12H,6-7,9H2,1-2H3,(H,21,26)(H2,19,22,23)/t12-/m0/s1. The fourth-order valence-corrected chi connectivity index (χ4v) is 3.93. The van der Waals surface area contributed by atoms with Gasteiger partial charge in [-0.3, -0.25) is 5.32 Å². The van der Waals surface area contributed by atoms with E-state index in [-0.39, 0.29) is 12.0 Å². The lowest BCUT2D eigenvalue weighted by Crippen LogP contribution is -2.53. The molecule has 1 aromatic carbocycles. The first kappa shape index (κ1) is 18.4. The van der Waals surface area contributed by atoms with E-state index < -0.39 is 6.09 Å². The molecular weight excluding hydrogens is 378 g/mol. The van der Waals surface area contributed by atoms with Gasteiger partial charge in [0, 0.05) is 18.3 Å². The number of carbonyl (C=O) groups is 1. The lowest BCUT2D eigenvalue weighted by Gasteiger charge is -2.39. The van der Waals surface area contributed by atoms with E-state index in [0.29, 0.717) is 25.3 Å². The van der Waals surface area contributed by atoms with Crippen molar-refractivity contribution in [1.29, 1.82) is 0 Å². The first-order valence-corrected chi connectivity index (χ1v) is 9.81. The van der Waals surface area contributed by atoms with Crippen molar-refractivity contribution in [3.8, 4) is 0 Å². The van der Waals surface area contributed by atoms with Gasteiger partial charge in [0.05, 0.1) is 18.6 Å². The van der Waals surface area contributed by atoms with E-state index in [1.807, 2.05) is 38.1 Å². The summed E-state index contributed by atoms with van der Waals surface area (Å²) < 4.78 is 0. The molecule has 1 aliphatic heterocycles. The number of nitrogens with zero attached hydrogens (tertiary/aromatic N) is 5. The monoisotopic (exact) mass is 399 g/mol. The summed E-state index contributed by atoms with van der Waals surface area (Å²) in [6, 6.07) is 7.63. The Labute approximate surface area is 166 Å². The van der Waals surface area contributed by atoms with Gasteiger partial charge < -0.3 is 15.5 Å². The third kappa shape index (κ3) is 3.82. The molecule has 146 valence electrons. The van der Waals surface area contributed by atoms with Gasteiger partial charge in [0.2, 0.25) is 5.95 Å². The first-order valence-electron chi connectivity index (χ1n) is 8.93. The number of benzene rings is 1. The predicted octanol–water partition coefficient (Wildman–Crippen LogP) is 2.65. The lowest BCUT2D eigenvalue weighted by molar-refractivity contribution is -0.103. The normalized spacial score (nSPS) is 17.6. The fourth-order valence-electron chi connectivity index (χ4n) is 3.27. The van der Waals surface area contributed by atoms with E-state index in [1.165, 1.54) is 11.3 Å². The van der Waals surface area contributed by atoms with Crippen LogP contribution in [0, 0.1) is 6.92 Å². The molecule has 1 amide bonds. The second-order valence-corrected chi connectivity index (χ2v) is 7.55. The number of fused-ring (bicyclic) bond motifs is 1. The van der Waals surface area contributed by atoms with Crippen LogP contribution in [0.15, 0.2) is 29.8 Å². The Morgan fingerprint density at radius 1 is 1.36 bits per heavy atom. The first-order chi connectivity index (χ1) is 13.5. The van der Waals surface area contributed by atoms with E-state index >= 15 is 0 Å². The Morgan fingerprint density at radius 2 is 2.21 bits per heavy atom. The third-order valence-corrected chi connectivity index (χ3v) is 5.25. The van der Waals surface area contributed by atoms with Crippen LogP contribution < -0.4 is 16.0 Å². The smallest absolute Gasteiger partial charge is 0.368 e. The minimum Gasteiger partial charge on any atom is -0.368 e. The summed E-state index contributed by atoms with van der Waals surface area (Å²) in [6.07, 6.45) is -0.501. The molecule has 1 fully saturated rings. The van der Waals surface area contributed by atoms with Crippen LogP contribution in [0.25, 0.3) is 10.3 Å². The highest BCUT2D eigenvalue weighted by Gasteiger charge is 2.29. The highest BCUT2D eigenvalue weighted by Crippen LogP contribution is 2.28. The number of aromatic nitrogens is 3. The quantitative estimate of drug-likeness (QED) is 0.692. The molecule has 3 N–H and O–H groups in total. The number of anilines is 3. The Hall–Kier alpha value is -2.98. The molecule has 3 heterocycles. The number of nitrogen functional groups attached to an aromatic ring is 1. The maximum atomic E-state index is 12.2. The Balaban J connectivity index is 1.41. The van der Waals surface area contributed by atoms with Crippen molar-refractivity contribution in [2.75, 3.05) is 35.6 Å². The van der Waals surface area contributed by atoms with Crippen molar-refractivity contribution >= 4 is 45.2 Å². The number of rotatable bonds is 3. The molecule has 0 bridgehead atoms. The predicted molar refractivity (Wildman–Crippen MR) is 109 cm³/mol. The van der Waals surface area contributed by atoms with Crippen molar-refractivity contribution in [2.24, 2.45) is 0 Å². The average Bonchev–Trinajstić information content (AvgIpc) is 3.09. The number of aryl methyl sites for hydroxylation is 1. The summed E-state index contributed by atoms with van der Waals surface area (Å²) >= 11 is 1.43. The Kier molecular flexibility index (Phi) is 4.97. The molecule has 0 spiro atoms. The molecule has 9 nitrogen and oxygen atoms in total. The summed E-state index contributed by atoms with van der Waals surface area (Å²) in [4.78, 5) is 33.6. The highest BCUT2D eigenvalue weighted by molar-refractivity contribution is 7.16. The van der Waals surface area contributed by atoms with Gasteiger partial charge in [-0.2, -0.15) is 4.98 Å². The second-order valence-electron chi connectivity index (χ2n) is 6.72. The molecule has 28 heavy (non-hydrogen) atoms. The number of carbonyl (C=O) groups excluding carboxylic acids is 1. The van der Waals surface area contributed by atoms with Crippen molar-refractivity contribution < 1.29 is 9.63 Å². The fraction of sp³-hybridized carbons (Fsp3) is 0.333. The molecule has 2 aromatic heterocycles. The van der Waals surface area contributed by atoms with Gasteiger partial charge in [0.25, 0.3) is 0 Å². The van der Waals surface area contributed by atoms with Crippen LogP contribution in [0.2, 0.25) is 0 Å². The molecule has 10 heteroatoms. The van der Waals surface area contributed by atoms with Gasteiger partial charge in [-0.1, -0.05) is 12.1 Å². The molecule has 1 aliphatic rings. The Morgan fingerprint density at radius 3 is 3.00 bits per heavy atom. The van der Waals surface area contributed by atoms with Gasteiger partial charge in [-0.25, -0.2) is 14.8 Å². The zero-order chi connectivity index (χ0) is 19.7. The van der Waals surface area contributed by atoms with Crippen LogP contribution in [0.4, 0.5) is 22.2 Å². The van der Waals surface area contributed by atoms with Crippen LogP contribution in [0.1, 0.15) is 12.5 Å². The number of hydroxylamine groups is 2. The molecular formula is C18H21N7O2S. The van der Waals surface area contributed by atoms with Gasteiger partial charge in [-0.05, 0) is 31.5 Å². The number of nitrogens with one attached hydrogen (secondary N) is 1. The number of nitrogens with two attached hydrogens (primary N) is 1. The van der Waals surface area contributed by atoms with Crippen molar-refractivity contribution in [2.45, 2.75) is 19.9 Å². The Bertz CT molecular complexity index is 1010. The van der Waals surface area contributed by atoms with E-state index in [9.17, 15) is 4.79 Å². The molecule has 0 radical (unpaired) electrons. The maximum absolute atomic E-state index is 12.2. The van der Waals surface area contributed by atoms with Crippen molar-refractivity contribution in [3.05, 3.63) is 35.3 Å². The summed E-state index contributed by atoms with van der Waals surface area (Å²) in [5.41, 5.74) is 10.1. The minimum atomic E-state index is -0.501. The molecule has 1 atom stereocenters. The minimum absolute atomic E-state index is 0.0553. The molecule has 3 aromatic rings. The number of amides is 1. The van der Waals surface area contributed by atoms with Crippen LogP contribution in [-0.4, -0.2) is 51.8 Å². The largest absolute Gasteiger partial charge is 0.430 e. The van der Waals surface area contributed by atoms with Crippen molar-refractivity contribution in [3.63, 3.8) is 0 Å². The van der Waals surface area contributed by atoms with Gasteiger partial charge in [0.15, 0.2) is 10.6 Å². The van der Waals surface area contributed by atoms with E-state index in [2.05, 4.69) is 25.2 Å². The van der Waals surface area contributed by atoms with Crippen LogP contribution in [0.5, 0.6) is 0 Å². The van der Waals surface area contributed by atoms with E-state index in [0.717, 1.165) is 21.7 Å². The zero-order valence-corrected chi connectivity index (χ0v) is 16.4. The van der Waals surface area contributed by atoms with E-state index in [1.54, 1.807) is 10.6 Å². The zero-order valence-electron chi connectivity index (χ0n) is 15.6. The summed E-state index contributed by atoms with van der Waals surface area (Å²) in [6.45, 7) is 5.72. The van der Waals surface area contributed by atoms with Crippen LogP contribution in [0.3, 0.4) is 0 Å². The van der Waals surface area contributed by atoms with E-state index in [4.69, 9.17) is 10.6 Å². The second kappa shape index (κ2) is 7.56. The maximum Gasteiger partial charge on any atom is 0.430 e. The number of piperazine rings is 1. The van der Waals surface area contributed by atoms with Gasteiger partial charge in [0.1, 0.15) is 5.52 Å². The number of hydrogen-bond donors (Lipinski definition) is 2. The average molecular weight is 399 g/mol. The van der Waals surface area contributed by atoms with Crippen LogP contribution in [-0.2, 0) is 4.84 Å². The number of hydrogen-bond acceptors (Lipinski definition) is 9. The molecule has 0 unspecified atom stereocenters. The van der Waals surface area contributed by atoms with Gasteiger partial charge >= 0.3 is 6.09 Å². The summed E-state index contributed by atoms with van der Waals surface area (Å²) in [7, 11) is 0. The molecule has 4 rings (SSSR count). The third-order valence-electron chi connectivity index (χ3n) is 4.54. The topological polar surface area (TPSA) is 110 Å². The number of thiazole rings is 1. The summed E-state index contributed by atoms with van der Waals surface area (Å²) in [5.74, 6) is 0.954. The highest BCUT2D eigenvalue weighted by atomic mass is 32.1. The van der Waals surface area contributed by atoms with Crippen molar-refractivity contribution in [1.82, 2.24) is 20.0 Å². The lowest BCUT2D eigenvalue weighted by atomic mass is 10.2. The molecule has 0 saturated carbocycles. The summed E-state index contributed by atoms with van der Waals surface area (Å²) in [5, 5.41) is 4.42. The molecule has 1 saturated heterocycles. The van der Waals surface area contributed by atoms with Crippen LogP contribution >= 0.6 is 11.3 Å². The SMILES string of the molecule is Cc1cccc(NC(=O)ON2CCN(c3nc(N)nc4scnc34)[C@@H](C)C2)c1. The molecule has 0 aliphatic carbocycles. The van der Waals surface area contributed by atoms with Gasteiger partial charge in [-0.15, -0.1) is 16.4 Å².